The summed E-state index contributed by atoms with van der Waals surface area (Å²) in [4.78, 5) is 0.356. The second-order valence-electron chi connectivity index (χ2n) is 4.22. The van der Waals surface area contributed by atoms with Crippen LogP contribution in [0, 0.1) is 0 Å². The number of anilines is 1. The molecule has 0 spiro atoms. The highest BCUT2D eigenvalue weighted by molar-refractivity contribution is 7.90. The fourth-order valence-electron chi connectivity index (χ4n) is 1.68. The quantitative estimate of drug-likeness (QED) is 0.935. The molecule has 1 N–H and O–H groups in total. The highest BCUT2D eigenvalue weighted by atomic mass is 32.2. The molecule has 0 bridgehead atoms. The lowest BCUT2D eigenvalue weighted by molar-refractivity contribution is 0.602. The van der Waals surface area contributed by atoms with Gasteiger partial charge in [-0.05, 0) is 36.1 Å². The Morgan fingerprint density at radius 2 is 1.83 bits per heavy atom. The first-order valence-corrected chi connectivity index (χ1v) is 8.39. The van der Waals surface area contributed by atoms with E-state index in [0.717, 1.165) is 11.3 Å². The summed E-state index contributed by atoms with van der Waals surface area (Å²) in [5, 5.41) is 7.42. The number of hydrogen-bond acceptors (Lipinski definition) is 4. The minimum Gasteiger partial charge on any atom is -0.378 e. The van der Waals surface area contributed by atoms with Gasteiger partial charge in [-0.3, -0.25) is 0 Å². The standard InChI is InChI=1S/C13H15NO2S2/c1-10(14-12-7-8-17-9-12)11-3-5-13(6-4-11)18(2,15)16/h3-10,14H,1-2H3. The Labute approximate surface area is 111 Å². The molecule has 2 rings (SSSR count). The van der Waals surface area contributed by atoms with Crippen molar-refractivity contribution >= 4 is 26.9 Å². The summed E-state index contributed by atoms with van der Waals surface area (Å²) in [6, 6.07) is 9.16. The van der Waals surface area contributed by atoms with Crippen molar-refractivity contribution in [3.8, 4) is 0 Å². The van der Waals surface area contributed by atoms with Crippen LogP contribution >= 0.6 is 11.3 Å². The number of nitrogens with one attached hydrogen (secondary N) is 1. The molecule has 0 aliphatic carbocycles. The Hall–Kier alpha value is -1.33. The zero-order valence-electron chi connectivity index (χ0n) is 10.3. The van der Waals surface area contributed by atoms with Crippen molar-refractivity contribution in [2.45, 2.75) is 17.9 Å². The predicted molar refractivity (Wildman–Crippen MR) is 75.9 cm³/mol. The first-order valence-electron chi connectivity index (χ1n) is 5.55. The Morgan fingerprint density at radius 1 is 1.17 bits per heavy atom. The van der Waals surface area contributed by atoms with Crippen molar-refractivity contribution in [3.63, 3.8) is 0 Å². The van der Waals surface area contributed by atoms with Crippen molar-refractivity contribution in [2.24, 2.45) is 0 Å². The van der Waals surface area contributed by atoms with Crippen LogP contribution in [-0.4, -0.2) is 14.7 Å². The molecule has 0 radical (unpaired) electrons. The van der Waals surface area contributed by atoms with Gasteiger partial charge in [-0.2, -0.15) is 11.3 Å². The highest BCUT2D eigenvalue weighted by Crippen LogP contribution is 2.22. The first-order chi connectivity index (χ1) is 8.47. The number of thiophene rings is 1. The number of hydrogen-bond donors (Lipinski definition) is 1. The van der Waals surface area contributed by atoms with Crippen molar-refractivity contribution in [1.29, 1.82) is 0 Å². The summed E-state index contributed by atoms with van der Waals surface area (Å²) in [5.41, 5.74) is 2.15. The van der Waals surface area contributed by atoms with E-state index in [9.17, 15) is 8.42 Å². The van der Waals surface area contributed by atoms with E-state index < -0.39 is 9.84 Å². The Bertz CT molecular complexity index is 601. The van der Waals surface area contributed by atoms with Gasteiger partial charge < -0.3 is 5.32 Å². The highest BCUT2D eigenvalue weighted by Gasteiger charge is 2.09. The maximum Gasteiger partial charge on any atom is 0.175 e. The third-order valence-corrected chi connectivity index (χ3v) is 4.52. The molecule has 0 fully saturated rings. The molecule has 1 atom stereocenters. The number of sulfone groups is 1. The third-order valence-electron chi connectivity index (χ3n) is 2.71. The van der Waals surface area contributed by atoms with Crippen LogP contribution < -0.4 is 5.32 Å². The van der Waals surface area contributed by atoms with E-state index in [1.165, 1.54) is 6.26 Å². The molecule has 0 saturated heterocycles. The van der Waals surface area contributed by atoms with Gasteiger partial charge in [-0.1, -0.05) is 12.1 Å². The van der Waals surface area contributed by atoms with E-state index in [0.29, 0.717) is 4.90 Å². The van der Waals surface area contributed by atoms with Crippen LogP contribution in [0.3, 0.4) is 0 Å². The topological polar surface area (TPSA) is 46.2 Å². The van der Waals surface area contributed by atoms with E-state index in [4.69, 9.17) is 0 Å². The SMILES string of the molecule is CC(Nc1ccsc1)c1ccc(S(C)(=O)=O)cc1. The summed E-state index contributed by atoms with van der Waals surface area (Å²) in [6.45, 7) is 2.05. The van der Waals surface area contributed by atoms with Crippen LogP contribution in [0.2, 0.25) is 0 Å². The normalized spacial score (nSPS) is 13.2. The van der Waals surface area contributed by atoms with Gasteiger partial charge in [0.25, 0.3) is 0 Å². The fourth-order valence-corrected chi connectivity index (χ4v) is 2.91. The Kier molecular flexibility index (Phi) is 3.73. The van der Waals surface area contributed by atoms with E-state index in [-0.39, 0.29) is 6.04 Å². The van der Waals surface area contributed by atoms with Gasteiger partial charge in [-0.25, -0.2) is 8.42 Å². The summed E-state index contributed by atoms with van der Waals surface area (Å²) in [5.74, 6) is 0. The summed E-state index contributed by atoms with van der Waals surface area (Å²) in [6.07, 6.45) is 1.22. The minimum atomic E-state index is -3.11. The van der Waals surface area contributed by atoms with E-state index >= 15 is 0 Å². The first kappa shape index (κ1) is 13.1. The second-order valence-corrected chi connectivity index (χ2v) is 7.02. The smallest absolute Gasteiger partial charge is 0.175 e. The van der Waals surface area contributed by atoms with Crippen molar-refractivity contribution in [1.82, 2.24) is 0 Å². The zero-order chi connectivity index (χ0) is 13.2. The Morgan fingerprint density at radius 3 is 2.33 bits per heavy atom. The Balaban J connectivity index is 2.14. The molecule has 1 unspecified atom stereocenters. The molecular weight excluding hydrogens is 266 g/mol. The lowest BCUT2D eigenvalue weighted by atomic mass is 10.1. The average molecular weight is 281 g/mol. The summed E-state index contributed by atoms with van der Waals surface area (Å²) >= 11 is 1.64. The van der Waals surface area contributed by atoms with Gasteiger partial charge in [0.15, 0.2) is 9.84 Å². The van der Waals surface area contributed by atoms with Crippen molar-refractivity contribution in [3.05, 3.63) is 46.7 Å². The van der Waals surface area contributed by atoms with Gasteiger partial charge in [0.2, 0.25) is 0 Å². The molecule has 1 aromatic heterocycles. The van der Waals surface area contributed by atoms with Gasteiger partial charge >= 0.3 is 0 Å². The van der Waals surface area contributed by atoms with Gasteiger partial charge in [0, 0.05) is 23.4 Å². The lowest BCUT2D eigenvalue weighted by Gasteiger charge is -2.14. The van der Waals surface area contributed by atoms with Gasteiger partial charge in [0.1, 0.15) is 0 Å². The average Bonchev–Trinajstić information content (AvgIpc) is 2.81. The fraction of sp³-hybridized carbons (Fsp3) is 0.231. The second kappa shape index (κ2) is 5.12. The predicted octanol–water partition coefficient (Wildman–Crippen LogP) is 3.32. The molecular formula is C13H15NO2S2. The van der Waals surface area contributed by atoms with Crippen LogP contribution in [0.4, 0.5) is 5.69 Å². The molecule has 0 saturated carbocycles. The summed E-state index contributed by atoms with van der Waals surface area (Å²) in [7, 11) is -3.11. The van der Waals surface area contributed by atoms with E-state index in [2.05, 4.69) is 5.32 Å². The molecule has 5 heteroatoms. The number of benzene rings is 1. The van der Waals surface area contributed by atoms with Crippen molar-refractivity contribution in [2.75, 3.05) is 11.6 Å². The maximum absolute atomic E-state index is 11.4. The molecule has 0 amide bonds. The zero-order valence-corrected chi connectivity index (χ0v) is 11.9. The molecule has 1 heterocycles. The van der Waals surface area contributed by atoms with Gasteiger partial charge in [0.05, 0.1) is 4.90 Å². The van der Waals surface area contributed by atoms with Crippen LogP contribution in [0.5, 0.6) is 0 Å². The van der Waals surface area contributed by atoms with Crippen LogP contribution in [0.25, 0.3) is 0 Å². The van der Waals surface area contributed by atoms with Crippen LogP contribution in [-0.2, 0) is 9.84 Å². The molecule has 2 aromatic rings. The molecule has 3 nitrogen and oxygen atoms in total. The van der Waals surface area contributed by atoms with E-state index in [1.54, 1.807) is 23.5 Å². The molecule has 18 heavy (non-hydrogen) atoms. The maximum atomic E-state index is 11.4. The summed E-state index contributed by atoms with van der Waals surface area (Å²) < 4.78 is 22.7. The van der Waals surface area contributed by atoms with Gasteiger partial charge in [-0.15, -0.1) is 0 Å². The van der Waals surface area contributed by atoms with Crippen molar-refractivity contribution < 1.29 is 8.42 Å². The molecule has 1 aromatic carbocycles. The van der Waals surface area contributed by atoms with Crippen LogP contribution in [0.1, 0.15) is 18.5 Å². The molecule has 0 aliphatic rings. The molecule has 0 aliphatic heterocycles. The minimum absolute atomic E-state index is 0.146. The monoisotopic (exact) mass is 281 g/mol. The van der Waals surface area contributed by atoms with Crippen LogP contribution in [0.15, 0.2) is 46.0 Å². The molecule has 96 valence electrons. The third kappa shape index (κ3) is 3.11. The number of rotatable bonds is 4. The largest absolute Gasteiger partial charge is 0.378 e. The lowest BCUT2D eigenvalue weighted by Crippen LogP contribution is -2.06. The van der Waals surface area contributed by atoms with E-state index in [1.807, 2.05) is 35.9 Å².